The number of aliphatic hydroxyl groups excluding tert-OH is 1. The van der Waals surface area contributed by atoms with Crippen molar-refractivity contribution < 1.29 is 29.3 Å². The number of likely N-dealkylation sites (tertiary alicyclic amines) is 1. The van der Waals surface area contributed by atoms with Gasteiger partial charge in [0.2, 0.25) is 0 Å². The van der Waals surface area contributed by atoms with Crippen LogP contribution in [0.2, 0.25) is 0 Å². The fourth-order valence-electron chi connectivity index (χ4n) is 4.14. The number of hydrogen-bond acceptors (Lipinski definition) is 6. The van der Waals surface area contributed by atoms with E-state index in [0.717, 1.165) is 5.56 Å². The van der Waals surface area contributed by atoms with Gasteiger partial charge in [-0.2, -0.15) is 0 Å². The summed E-state index contributed by atoms with van der Waals surface area (Å²) in [5.74, 6) is -0.551. The predicted octanol–water partition coefficient (Wildman–Crippen LogP) is 4.07. The molecule has 0 aliphatic carbocycles. The fraction of sp³-hybridized carbons (Fsp3) is 0.185. The first-order valence-corrected chi connectivity index (χ1v) is 10.8. The number of carbonyl (C=O) groups excluding carboxylic acids is 2. The van der Waals surface area contributed by atoms with Gasteiger partial charge in [0, 0.05) is 12.1 Å². The highest BCUT2D eigenvalue weighted by Crippen LogP contribution is 2.42. The number of ether oxygens (including phenoxy) is 2. The highest BCUT2D eigenvalue weighted by molar-refractivity contribution is 6.46. The van der Waals surface area contributed by atoms with Gasteiger partial charge in [-0.25, -0.2) is 0 Å². The molecule has 1 heterocycles. The first kappa shape index (κ1) is 22.9. The van der Waals surface area contributed by atoms with E-state index in [1.165, 1.54) is 19.1 Å². The summed E-state index contributed by atoms with van der Waals surface area (Å²) in [5.41, 5.74) is 1.98. The number of rotatable bonds is 7. The standard InChI is InChI=1S/C27H25NO6/c1-33-21-13-10-19(16-22(21)34-2)24-23(25(30)18-6-4-3-5-7-18)26(31)27(32)28(24)15-14-17-8-11-20(29)12-9-17/h3-13,16,24,29-30H,14-15H2,1-2H3/b25-23-. The molecule has 3 aromatic carbocycles. The quantitative estimate of drug-likeness (QED) is 0.314. The van der Waals surface area contributed by atoms with Gasteiger partial charge in [-0.1, -0.05) is 48.5 Å². The van der Waals surface area contributed by atoms with Crippen LogP contribution in [-0.4, -0.2) is 47.6 Å². The number of aliphatic hydroxyl groups is 1. The molecule has 1 atom stereocenters. The monoisotopic (exact) mass is 459 g/mol. The second kappa shape index (κ2) is 9.70. The van der Waals surface area contributed by atoms with Crippen LogP contribution in [0.25, 0.3) is 5.76 Å². The SMILES string of the molecule is COc1ccc(C2/C(=C(/O)c3ccccc3)C(=O)C(=O)N2CCc2ccc(O)cc2)cc1OC. The predicted molar refractivity (Wildman–Crippen MR) is 127 cm³/mol. The lowest BCUT2D eigenvalue weighted by Crippen LogP contribution is -2.31. The molecule has 4 rings (SSSR count). The molecule has 1 saturated heterocycles. The maximum atomic E-state index is 13.1. The molecule has 1 unspecified atom stereocenters. The highest BCUT2D eigenvalue weighted by Gasteiger charge is 2.46. The van der Waals surface area contributed by atoms with Crippen molar-refractivity contribution in [1.82, 2.24) is 4.90 Å². The third-order valence-corrected chi connectivity index (χ3v) is 5.89. The number of aromatic hydroxyl groups is 1. The Morgan fingerprint density at radius 2 is 1.59 bits per heavy atom. The van der Waals surface area contributed by atoms with Crippen LogP contribution in [0.3, 0.4) is 0 Å². The smallest absolute Gasteiger partial charge is 0.295 e. The van der Waals surface area contributed by atoms with Gasteiger partial charge in [0.25, 0.3) is 11.7 Å². The van der Waals surface area contributed by atoms with E-state index in [1.807, 2.05) is 0 Å². The lowest BCUT2D eigenvalue weighted by molar-refractivity contribution is -0.139. The molecule has 0 radical (unpaired) electrons. The summed E-state index contributed by atoms with van der Waals surface area (Å²) < 4.78 is 10.8. The number of methoxy groups -OCH3 is 2. The van der Waals surface area contributed by atoms with Crippen LogP contribution < -0.4 is 9.47 Å². The maximum absolute atomic E-state index is 13.1. The van der Waals surface area contributed by atoms with Crippen LogP contribution in [0.4, 0.5) is 0 Å². The summed E-state index contributed by atoms with van der Waals surface area (Å²) in [6, 6.07) is 19.7. The number of amides is 1. The normalized spacial score (nSPS) is 17.1. The Hall–Kier alpha value is -4.26. The topological polar surface area (TPSA) is 96.3 Å². The second-order valence-corrected chi connectivity index (χ2v) is 7.89. The Balaban J connectivity index is 1.80. The second-order valence-electron chi connectivity index (χ2n) is 7.89. The Morgan fingerprint density at radius 3 is 2.24 bits per heavy atom. The van der Waals surface area contributed by atoms with E-state index in [9.17, 15) is 19.8 Å². The molecule has 34 heavy (non-hydrogen) atoms. The van der Waals surface area contributed by atoms with Crippen LogP contribution >= 0.6 is 0 Å². The summed E-state index contributed by atoms with van der Waals surface area (Å²) in [6.45, 7) is 0.236. The van der Waals surface area contributed by atoms with Gasteiger partial charge in [0.05, 0.1) is 25.8 Å². The van der Waals surface area contributed by atoms with Gasteiger partial charge in [-0.05, 0) is 41.8 Å². The van der Waals surface area contributed by atoms with Gasteiger partial charge >= 0.3 is 0 Å². The molecule has 2 N–H and O–H groups in total. The van der Waals surface area contributed by atoms with Crippen molar-refractivity contribution >= 4 is 17.4 Å². The third kappa shape index (κ3) is 4.32. The van der Waals surface area contributed by atoms with E-state index in [1.54, 1.807) is 72.8 Å². The number of phenols is 1. The highest BCUT2D eigenvalue weighted by atomic mass is 16.5. The van der Waals surface area contributed by atoms with Crippen molar-refractivity contribution in [2.45, 2.75) is 12.5 Å². The Bertz CT molecular complexity index is 1230. The molecule has 1 amide bonds. The molecule has 0 bridgehead atoms. The zero-order valence-electron chi connectivity index (χ0n) is 18.9. The first-order chi connectivity index (χ1) is 16.4. The van der Waals surface area contributed by atoms with Crippen LogP contribution in [0.5, 0.6) is 17.2 Å². The van der Waals surface area contributed by atoms with Crippen molar-refractivity contribution in [2.75, 3.05) is 20.8 Å². The van der Waals surface area contributed by atoms with E-state index in [0.29, 0.717) is 29.0 Å². The maximum Gasteiger partial charge on any atom is 0.295 e. The minimum Gasteiger partial charge on any atom is -0.508 e. The molecule has 3 aromatic rings. The molecule has 7 nitrogen and oxygen atoms in total. The molecular formula is C27H25NO6. The Labute approximate surface area is 197 Å². The summed E-state index contributed by atoms with van der Waals surface area (Å²) in [5, 5.41) is 20.6. The van der Waals surface area contributed by atoms with Gasteiger partial charge < -0.3 is 24.6 Å². The van der Waals surface area contributed by atoms with E-state index in [-0.39, 0.29) is 23.6 Å². The Morgan fingerprint density at radius 1 is 0.912 bits per heavy atom. The minimum absolute atomic E-state index is 0.0223. The average Bonchev–Trinajstić information content (AvgIpc) is 3.13. The molecule has 174 valence electrons. The van der Waals surface area contributed by atoms with Crippen molar-refractivity contribution in [3.8, 4) is 17.2 Å². The van der Waals surface area contributed by atoms with E-state index >= 15 is 0 Å². The van der Waals surface area contributed by atoms with Gasteiger partial charge in [0.15, 0.2) is 11.5 Å². The molecule has 1 aliphatic rings. The average molecular weight is 459 g/mol. The van der Waals surface area contributed by atoms with Crippen molar-refractivity contribution in [3.63, 3.8) is 0 Å². The van der Waals surface area contributed by atoms with Crippen molar-refractivity contribution in [1.29, 1.82) is 0 Å². The summed E-state index contributed by atoms with van der Waals surface area (Å²) >= 11 is 0. The summed E-state index contributed by atoms with van der Waals surface area (Å²) in [6.07, 6.45) is 0.461. The molecule has 0 aromatic heterocycles. The van der Waals surface area contributed by atoms with E-state index < -0.39 is 17.7 Å². The van der Waals surface area contributed by atoms with Crippen LogP contribution in [0, 0.1) is 0 Å². The van der Waals surface area contributed by atoms with Gasteiger partial charge in [0.1, 0.15) is 11.5 Å². The number of nitrogens with zero attached hydrogens (tertiary/aromatic N) is 1. The number of Topliss-reactive ketones (excluding diaryl/α,β-unsaturated/α-hetero) is 1. The first-order valence-electron chi connectivity index (χ1n) is 10.8. The number of carbonyl (C=O) groups is 2. The lowest BCUT2D eigenvalue weighted by Gasteiger charge is -2.26. The number of ketones is 1. The van der Waals surface area contributed by atoms with Gasteiger partial charge in [-0.3, -0.25) is 9.59 Å². The van der Waals surface area contributed by atoms with Gasteiger partial charge in [-0.15, -0.1) is 0 Å². The van der Waals surface area contributed by atoms with Crippen molar-refractivity contribution in [2.24, 2.45) is 0 Å². The van der Waals surface area contributed by atoms with Crippen molar-refractivity contribution in [3.05, 3.63) is 95.1 Å². The third-order valence-electron chi connectivity index (χ3n) is 5.89. The zero-order valence-corrected chi connectivity index (χ0v) is 18.9. The fourth-order valence-corrected chi connectivity index (χ4v) is 4.14. The molecule has 0 spiro atoms. The molecule has 1 fully saturated rings. The lowest BCUT2D eigenvalue weighted by atomic mass is 9.95. The summed E-state index contributed by atoms with van der Waals surface area (Å²) in [7, 11) is 3.03. The molecule has 1 aliphatic heterocycles. The van der Waals surface area contributed by atoms with Crippen LogP contribution in [-0.2, 0) is 16.0 Å². The van der Waals surface area contributed by atoms with Crippen LogP contribution in [0.1, 0.15) is 22.7 Å². The number of benzene rings is 3. The Kier molecular flexibility index (Phi) is 6.54. The number of phenolic OH excluding ortho intramolecular Hbond substituents is 1. The largest absolute Gasteiger partial charge is 0.508 e. The minimum atomic E-state index is -0.808. The molecule has 7 heteroatoms. The summed E-state index contributed by atoms with van der Waals surface area (Å²) in [4.78, 5) is 27.7. The molecule has 0 saturated carbocycles. The number of hydrogen-bond donors (Lipinski definition) is 2. The zero-order chi connectivity index (χ0) is 24.2. The van der Waals surface area contributed by atoms with Crippen LogP contribution in [0.15, 0.2) is 78.4 Å². The van der Waals surface area contributed by atoms with E-state index in [4.69, 9.17) is 9.47 Å². The molecular weight excluding hydrogens is 434 g/mol. The van der Waals surface area contributed by atoms with E-state index in [2.05, 4.69) is 0 Å².